The van der Waals surface area contributed by atoms with Crippen molar-refractivity contribution < 1.29 is 9.53 Å². The van der Waals surface area contributed by atoms with Crippen LogP contribution in [0.2, 0.25) is 0 Å². The van der Waals surface area contributed by atoms with E-state index in [1.165, 1.54) is 11.9 Å². The second-order valence-corrected chi connectivity index (χ2v) is 6.53. The molecule has 24 heavy (non-hydrogen) atoms. The number of benzene rings is 2. The molecule has 0 aliphatic carbocycles. The first-order valence-corrected chi connectivity index (χ1v) is 8.92. The second kappa shape index (κ2) is 9.35. The molecule has 5 heteroatoms. The highest BCUT2D eigenvalue weighted by Gasteiger charge is 2.17. The van der Waals surface area contributed by atoms with Crippen molar-refractivity contribution >= 4 is 23.9 Å². The Morgan fingerprint density at radius 3 is 2.62 bits per heavy atom. The summed E-state index contributed by atoms with van der Waals surface area (Å²) in [6, 6.07) is 13.4. The summed E-state index contributed by atoms with van der Waals surface area (Å²) in [7, 11) is 3.89. The number of aldehydes is 1. The molecule has 2 aromatic carbocycles. The maximum Gasteiger partial charge on any atom is 0.165 e. The van der Waals surface area contributed by atoms with Gasteiger partial charge in [0.2, 0.25) is 0 Å². The molecule has 0 aromatic heterocycles. The zero-order valence-electron chi connectivity index (χ0n) is 14.4. The number of carbonyl (C=O) groups is 1. The Bertz CT molecular complexity index is 662. The van der Waals surface area contributed by atoms with E-state index in [4.69, 9.17) is 4.74 Å². The number of para-hydroxylation sites is 1. The summed E-state index contributed by atoms with van der Waals surface area (Å²) in [4.78, 5) is 14.4. The molecule has 0 unspecified atom stereocenters. The normalized spacial score (nSPS) is 10.5. The number of anilines is 1. The summed E-state index contributed by atoms with van der Waals surface area (Å²) in [5.41, 5.74) is 1.57. The maximum atomic E-state index is 11.3. The van der Waals surface area contributed by atoms with Crippen LogP contribution in [0.3, 0.4) is 0 Å². The molecule has 0 radical (unpaired) electrons. The first kappa shape index (κ1) is 18.4. The lowest BCUT2D eigenvalue weighted by Gasteiger charge is -2.24. The first-order chi connectivity index (χ1) is 11.7. The van der Waals surface area contributed by atoms with E-state index in [-0.39, 0.29) is 0 Å². The minimum absolute atomic E-state index is 0.645. The highest BCUT2D eigenvalue weighted by molar-refractivity contribution is 7.97. The van der Waals surface area contributed by atoms with Crippen molar-refractivity contribution in [3.8, 4) is 11.5 Å². The number of ether oxygens (including phenoxy) is 1. The van der Waals surface area contributed by atoms with Crippen LogP contribution in [0, 0.1) is 0 Å². The van der Waals surface area contributed by atoms with Gasteiger partial charge in [-0.1, -0.05) is 31.5 Å². The molecular formula is C19H24N2O2S. The van der Waals surface area contributed by atoms with Crippen LogP contribution in [0.25, 0.3) is 0 Å². The molecule has 0 aliphatic rings. The van der Waals surface area contributed by atoms with Gasteiger partial charge in [0.1, 0.15) is 12.0 Å². The van der Waals surface area contributed by atoms with Crippen molar-refractivity contribution in [1.29, 1.82) is 0 Å². The van der Waals surface area contributed by atoms with Gasteiger partial charge >= 0.3 is 0 Å². The van der Waals surface area contributed by atoms with Crippen LogP contribution < -0.4 is 14.4 Å². The maximum absolute atomic E-state index is 11.3. The highest BCUT2D eigenvalue weighted by atomic mass is 32.2. The van der Waals surface area contributed by atoms with Crippen LogP contribution in [-0.2, 0) is 0 Å². The molecule has 0 fully saturated rings. The lowest BCUT2D eigenvalue weighted by atomic mass is 10.1. The predicted octanol–water partition coefficient (Wildman–Crippen LogP) is 4.75. The van der Waals surface area contributed by atoms with E-state index in [9.17, 15) is 4.79 Å². The van der Waals surface area contributed by atoms with E-state index in [1.807, 2.05) is 56.6 Å². The third-order valence-corrected chi connectivity index (χ3v) is 4.35. The molecule has 0 atom stereocenters. The number of nitrogens with one attached hydrogen (secondary N) is 1. The summed E-state index contributed by atoms with van der Waals surface area (Å²) in [6.07, 6.45) is 3.08. The van der Waals surface area contributed by atoms with Crippen LogP contribution in [0.4, 0.5) is 5.69 Å². The topological polar surface area (TPSA) is 41.6 Å². The number of hydrogen-bond donors (Lipinski definition) is 1. The molecule has 0 aliphatic heterocycles. The van der Waals surface area contributed by atoms with Gasteiger partial charge in [0.15, 0.2) is 5.75 Å². The smallest absolute Gasteiger partial charge is 0.165 e. The number of hydrogen-bond acceptors (Lipinski definition) is 5. The second-order valence-electron chi connectivity index (χ2n) is 5.48. The molecule has 0 amide bonds. The van der Waals surface area contributed by atoms with Gasteiger partial charge in [0.25, 0.3) is 0 Å². The zero-order valence-corrected chi connectivity index (χ0v) is 15.2. The summed E-state index contributed by atoms with van der Waals surface area (Å²) < 4.78 is 9.25. The molecule has 2 aromatic rings. The Morgan fingerprint density at radius 1 is 1.25 bits per heavy atom. The quantitative estimate of drug-likeness (QED) is 0.525. The minimum Gasteiger partial charge on any atom is -0.454 e. The van der Waals surface area contributed by atoms with Crippen LogP contribution in [0.5, 0.6) is 11.5 Å². The van der Waals surface area contributed by atoms with Gasteiger partial charge < -0.3 is 9.64 Å². The van der Waals surface area contributed by atoms with Crippen molar-refractivity contribution in [3.05, 3.63) is 48.0 Å². The molecule has 0 spiro atoms. The average molecular weight is 344 g/mol. The Labute approximate surface area is 148 Å². The fraction of sp³-hybridized carbons (Fsp3) is 0.316. The SMILES string of the molecule is CCCCN(C)c1cc(C=O)cc(SNC)c1Oc1ccccc1. The summed E-state index contributed by atoms with van der Waals surface area (Å²) in [5.74, 6) is 1.55. The largest absolute Gasteiger partial charge is 0.454 e. The molecule has 1 N–H and O–H groups in total. The standard InChI is InChI=1S/C19H24N2O2S/c1-4-5-11-21(3)17-12-15(14-22)13-18(24-20-2)19(17)23-16-9-7-6-8-10-16/h6-10,12-14,20H,4-5,11H2,1-3H3. The van der Waals surface area contributed by atoms with Crippen molar-refractivity contribution in [2.75, 3.05) is 25.5 Å². The van der Waals surface area contributed by atoms with Gasteiger partial charge in [0, 0.05) is 19.2 Å². The summed E-state index contributed by atoms with van der Waals surface area (Å²) in [6.45, 7) is 3.08. The molecule has 0 bridgehead atoms. The monoisotopic (exact) mass is 344 g/mol. The van der Waals surface area contributed by atoms with Crippen molar-refractivity contribution in [3.63, 3.8) is 0 Å². The van der Waals surface area contributed by atoms with Gasteiger partial charge in [-0.2, -0.15) is 0 Å². The molecule has 2 rings (SSSR count). The van der Waals surface area contributed by atoms with Gasteiger partial charge in [-0.15, -0.1) is 0 Å². The predicted molar refractivity (Wildman–Crippen MR) is 101 cm³/mol. The average Bonchev–Trinajstić information content (AvgIpc) is 2.62. The van der Waals surface area contributed by atoms with E-state index in [0.717, 1.165) is 47.8 Å². The molecule has 4 nitrogen and oxygen atoms in total. The van der Waals surface area contributed by atoms with E-state index in [1.54, 1.807) is 0 Å². The Hall–Kier alpha value is -1.98. The molecule has 0 heterocycles. The van der Waals surface area contributed by atoms with E-state index in [0.29, 0.717) is 5.56 Å². The lowest BCUT2D eigenvalue weighted by Crippen LogP contribution is -2.19. The van der Waals surface area contributed by atoms with Crippen LogP contribution in [0.15, 0.2) is 47.4 Å². The van der Waals surface area contributed by atoms with Crippen LogP contribution >= 0.6 is 11.9 Å². The minimum atomic E-state index is 0.645. The van der Waals surface area contributed by atoms with Gasteiger partial charge in [-0.05, 0) is 49.7 Å². The first-order valence-electron chi connectivity index (χ1n) is 8.10. The van der Waals surface area contributed by atoms with Gasteiger partial charge in [-0.25, -0.2) is 0 Å². The van der Waals surface area contributed by atoms with E-state index >= 15 is 0 Å². The van der Waals surface area contributed by atoms with Crippen molar-refractivity contribution in [1.82, 2.24) is 4.72 Å². The fourth-order valence-corrected chi connectivity index (χ4v) is 3.02. The van der Waals surface area contributed by atoms with Crippen molar-refractivity contribution in [2.24, 2.45) is 0 Å². The third-order valence-electron chi connectivity index (χ3n) is 3.63. The zero-order chi connectivity index (χ0) is 17.4. The summed E-state index contributed by atoms with van der Waals surface area (Å²) >= 11 is 1.45. The molecular weight excluding hydrogens is 320 g/mol. The number of rotatable bonds is 9. The van der Waals surface area contributed by atoms with E-state index in [2.05, 4.69) is 16.5 Å². The van der Waals surface area contributed by atoms with Gasteiger partial charge in [0.05, 0.1) is 10.6 Å². The van der Waals surface area contributed by atoms with Crippen LogP contribution in [-0.4, -0.2) is 26.9 Å². The number of unbranched alkanes of at least 4 members (excludes halogenated alkanes) is 1. The Morgan fingerprint density at radius 2 is 2.00 bits per heavy atom. The molecule has 0 saturated heterocycles. The fourth-order valence-electron chi connectivity index (χ4n) is 2.37. The van der Waals surface area contributed by atoms with E-state index < -0.39 is 0 Å². The highest BCUT2D eigenvalue weighted by Crippen LogP contribution is 2.40. The molecule has 128 valence electrons. The molecule has 0 saturated carbocycles. The third kappa shape index (κ3) is 4.76. The Kier molecular flexibility index (Phi) is 7.15. The lowest BCUT2D eigenvalue weighted by molar-refractivity contribution is 0.112. The Balaban J connectivity index is 2.47. The summed E-state index contributed by atoms with van der Waals surface area (Å²) in [5, 5.41) is 0. The van der Waals surface area contributed by atoms with Gasteiger partial charge in [-0.3, -0.25) is 9.52 Å². The number of nitrogens with zero attached hydrogens (tertiary/aromatic N) is 1. The van der Waals surface area contributed by atoms with Crippen LogP contribution in [0.1, 0.15) is 30.1 Å². The van der Waals surface area contributed by atoms with Crippen molar-refractivity contribution in [2.45, 2.75) is 24.7 Å². The number of carbonyl (C=O) groups excluding carboxylic acids is 1.